The maximum atomic E-state index is 13.2. The van der Waals surface area contributed by atoms with Gasteiger partial charge in [-0.1, -0.05) is 30.3 Å². The molecule has 140 valence electrons. The summed E-state index contributed by atoms with van der Waals surface area (Å²) < 4.78 is 10.4. The Balaban J connectivity index is 1.90. The number of rotatable bonds is 6. The van der Waals surface area contributed by atoms with E-state index in [2.05, 4.69) is 0 Å². The SMILES string of the molecule is CCOC(=O)C(c1ccccc1)C1C(=O)[C@@H]2CCN1CC2C(=O)OCC. The van der Waals surface area contributed by atoms with Crippen LogP contribution < -0.4 is 0 Å². The van der Waals surface area contributed by atoms with Crippen LogP contribution in [0.15, 0.2) is 30.3 Å². The maximum absolute atomic E-state index is 13.2. The van der Waals surface area contributed by atoms with Crippen molar-refractivity contribution < 1.29 is 23.9 Å². The van der Waals surface area contributed by atoms with Crippen molar-refractivity contribution in [2.45, 2.75) is 32.2 Å². The molecule has 0 spiro atoms. The van der Waals surface area contributed by atoms with E-state index in [0.29, 0.717) is 26.1 Å². The van der Waals surface area contributed by atoms with Crippen LogP contribution in [0.5, 0.6) is 0 Å². The zero-order valence-corrected chi connectivity index (χ0v) is 15.2. The van der Waals surface area contributed by atoms with E-state index in [-0.39, 0.29) is 24.3 Å². The van der Waals surface area contributed by atoms with Crippen LogP contribution in [0.2, 0.25) is 0 Å². The molecule has 6 nitrogen and oxygen atoms in total. The molecule has 4 unspecified atom stereocenters. The fourth-order valence-corrected chi connectivity index (χ4v) is 4.17. The molecule has 3 fully saturated rings. The molecule has 3 aliphatic heterocycles. The number of esters is 2. The molecule has 26 heavy (non-hydrogen) atoms. The molecular weight excluding hydrogens is 334 g/mol. The summed E-state index contributed by atoms with van der Waals surface area (Å²) in [6, 6.07) is 8.69. The Morgan fingerprint density at radius 1 is 1.15 bits per heavy atom. The van der Waals surface area contributed by atoms with Gasteiger partial charge in [0.1, 0.15) is 5.92 Å². The molecule has 3 aliphatic rings. The highest BCUT2D eigenvalue weighted by atomic mass is 16.5. The van der Waals surface area contributed by atoms with E-state index < -0.39 is 23.8 Å². The summed E-state index contributed by atoms with van der Waals surface area (Å²) in [5.41, 5.74) is 0.768. The van der Waals surface area contributed by atoms with Crippen LogP contribution in [0.1, 0.15) is 31.7 Å². The molecule has 0 N–H and O–H groups in total. The molecule has 6 heteroatoms. The lowest BCUT2D eigenvalue weighted by Crippen LogP contribution is -2.63. The lowest BCUT2D eigenvalue weighted by atomic mass is 9.70. The van der Waals surface area contributed by atoms with E-state index in [1.165, 1.54) is 0 Å². The number of nitrogens with zero attached hydrogens (tertiary/aromatic N) is 1. The lowest BCUT2D eigenvalue weighted by molar-refractivity contribution is -0.166. The largest absolute Gasteiger partial charge is 0.466 e. The van der Waals surface area contributed by atoms with E-state index in [9.17, 15) is 14.4 Å². The molecule has 0 aliphatic carbocycles. The highest BCUT2D eigenvalue weighted by Crippen LogP contribution is 2.40. The Bertz CT molecular complexity index is 674. The van der Waals surface area contributed by atoms with Crippen molar-refractivity contribution >= 4 is 17.7 Å². The third-order valence-electron chi connectivity index (χ3n) is 5.30. The Labute approximate surface area is 153 Å². The Hall–Kier alpha value is -2.21. The molecule has 3 heterocycles. The molecule has 4 rings (SSSR count). The van der Waals surface area contributed by atoms with Crippen molar-refractivity contribution in [1.29, 1.82) is 0 Å². The highest BCUT2D eigenvalue weighted by Gasteiger charge is 2.54. The second kappa shape index (κ2) is 7.99. The molecule has 0 amide bonds. The number of carbonyl (C=O) groups is 3. The van der Waals surface area contributed by atoms with Crippen LogP contribution in [0.25, 0.3) is 0 Å². The third-order valence-corrected chi connectivity index (χ3v) is 5.30. The normalized spacial score (nSPS) is 28.5. The fraction of sp³-hybridized carbons (Fsp3) is 0.550. The lowest BCUT2D eigenvalue weighted by Gasteiger charge is -2.49. The van der Waals surface area contributed by atoms with Gasteiger partial charge in [-0.3, -0.25) is 19.3 Å². The molecule has 1 aromatic rings. The first kappa shape index (κ1) is 18.6. The fourth-order valence-electron chi connectivity index (χ4n) is 4.17. The molecule has 3 saturated heterocycles. The van der Waals surface area contributed by atoms with E-state index in [1.807, 2.05) is 35.2 Å². The molecular formula is C20H25NO5. The first-order valence-electron chi connectivity index (χ1n) is 9.24. The summed E-state index contributed by atoms with van der Waals surface area (Å²) in [5.74, 6) is -2.26. The number of carbonyl (C=O) groups excluding carboxylic acids is 3. The number of ether oxygens (including phenoxy) is 2. The van der Waals surface area contributed by atoms with E-state index >= 15 is 0 Å². The van der Waals surface area contributed by atoms with Crippen molar-refractivity contribution in [3.8, 4) is 0 Å². The first-order chi connectivity index (χ1) is 12.6. The predicted molar refractivity (Wildman–Crippen MR) is 94.4 cm³/mol. The van der Waals surface area contributed by atoms with Crippen molar-refractivity contribution in [2.24, 2.45) is 11.8 Å². The molecule has 5 atom stereocenters. The van der Waals surface area contributed by atoms with Crippen molar-refractivity contribution in [3.63, 3.8) is 0 Å². The minimum atomic E-state index is -0.672. The van der Waals surface area contributed by atoms with Gasteiger partial charge in [0, 0.05) is 12.5 Å². The summed E-state index contributed by atoms with van der Waals surface area (Å²) in [5, 5.41) is 0. The van der Waals surface area contributed by atoms with E-state index in [1.54, 1.807) is 13.8 Å². The van der Waals surface area contributed by atoms with Gasteiger partial charge in [-0.05, 0) is 32.4 Å². The number of ketones is 1. The van der Waals surface area contributed by atoms with Gasteiger partial charge in [0.05, 0.1) is 25.2 Å². The number of benzene rings is 1. The van der Waals surface area contributed by atoms with Gasteiger partial charge in [-0.15, -0.1) is 0 Å². The Kier molecular flexibility index (Phi) is 5.71. The topological polar surface area (TPSA) is 72.9 Å². The second-order valence-corrected chi connectivity index (χ2v) is 6.74. The predicted octanol–water partition coefficient (Wildman–Crippen LogP) is 1.79. The molecule has 0 aromatic heterocycles. The Morgan fingerprint density at radius 2 is 1.85 bits per heavy atom. The van der Waals surface area contributed by atoms with Crippen LogP contribution in [-0.2, 0) is 23.9 Å². The average molecular weight is 359 g/mol. The van der Waals surface area contributed by atoms with E-state index in [4.69, 9.17) is 9.47 Å². The van der Waals surface area contributed by atoms with Gasteiger partial charge in [0.25, 0.3) is 0 Å². The number of Topliss-reactive ketones (excluding diaryl/α,β-unsaturated/α-hetero) is 1. The number of hydrogen-bond donors (Lipinski definition) is 0. The summed E-state index contributed by atoms with van der Waals surface area (Å²) in [6.07, 6.45) is 0.628. The number of hydrogen-bond acceptors (Lipinski definition) is 6. The minimum Gasteiger partial charge on any atom is -0.466 e. The molecule has 0 saturated carbocycles. The highest BCUT2D eigenvalue weighted by molar-refractivity contribution is 5.97. The van der Waals surface area contributed by atoms with Crippen LogP contribution in [0.3, 0.4) is 0 Å². The monoisotopic (exact) mass is 359 g/mol. The van der Waals surface area contributed by atoms with Crippen molar-refractivity contribution in [3.05, 3.63) is 35.9 Å². The second-order valence-electron chi connectivity index (χ2n) is 6.74. The van der Waals surface area contributed by atoms with E-state index in [0.717, 1.165) is 5.56 Å². The van der Waals surface area contributed by atoms with Crippen LogP contribution in [-0.4, -0.2) is 55.0 Å². The maximum Gasteiger partial charge on any atom is 0.315 e. The van der Waals surface area contributed by atoms with Crippen LogP contribution in [0, 0.1) is 11.8 Å². The third kappa shape index (κ3) is 3.38. The van der Waals surface area contributed by atoms with Crippen molar-refractivity contribution in [1.82, 2.24) is 4.90 Å². The Morgan fingerprint density at radius 3 is 2.46 bits per heavy atom. The van der Waals surface area contributed by atoms with Crippen LogP contribution >= 0.6 is 0 Å². The van der Waals surface area contributed by atoms with Crippen molar-refractivity contribution in [2.75, 3.05) is 26.3 Å². The number of fused-ring (bicyclic) bond motifs is 3. The van der Waals surface area contributed by atoms with Gasteiger partial charge < -0.3 is 9.47 Å². The zero-order valence-electron chi connectivity index (χ0n) is 15.2. The minimum absolute atomic E-state index is 0.0533. The molecule has 0 radical (unpaired) electrons. The first-order valence-corrected chi connectivity index (χ1v) is 9.24. The van der Waals surface area contributed by atoms with Gasteiger partial charge in [-0.25, -0.2) is 0 Å². The summed E-state index contributed by atoms with van der Waals surface area (Å²) in [7, 11) is 0. The zero-order chi connectivity index (χ0) is 18.7. The molecule has 1 aromatic carbocycles. The summed E-state index contributed by atoms with van der Waals surface area (Å²) >= 11 is 0. The average Bonchev–Trinajstić information content (AvgIpc) is 2.65. The number of piperidine rings is 3. The molecule has 2 bridgehead atoms. The van der Waals surface area contributed by atoms with Crippen LogP contribution in [0.4, 0.5) is 0 Å². The summed E-state index contributed by atoms with van der Waals surface area (Å²) in [4.78, 5) is 40.0. The smallest absolute Gasteiger partial charge is 0.315 e. The van der Waals surface area contributed by atoms with Gasteiger partial charge in [-0.2, -0.15) is 0 Å². The quantitative estimate of drug-likeness (QED) is 0.721. The van der Waals surface area contributed by atoms with Gasteiger partial charge in [0.2, 0.25) is 0 Å². The van der Waals surface area contributed by atoms with Gasteiger partial charge in [0.15, 0.2) is 5.78 Å². The standard InChI is InChI=1S/C20H25NO5/c1-3-25-19(23)15-12-21-11-10-14(15)18(22)17(21)16(20(24)26-4-2)13-8-6-5-7-9-13/h5-9,14-17H,3-4,10-12H2,1-2H3/t14-,15?,16?,17?/m1/s1. The van der Waals surface area contributed by atoms with Gasteiger partial charge >= 0.3 is 11.9 Å². The summed E-state index contributed by atoms with van der Waals surface area (Å²) in [6.45, 7) is 5.22.